The zero-order valence-corrected chi connectivity index (χ0v) is 17.8. The predicted octanol–water partition coefficient (Wildman–Crippen LogP) is 2.97. The van der Waals surface area contributed by atoms with Crippen molar-refractivity contribution in [1.29, 1.82) is 0 Å². The van der Waals surface area contributed by atoms with Crippen LogP contribution >= 0.6 is 0 Å². The molecule has 0 radical (unpaired) electrons. The fraction of sp³-hybridized carbons (Fsp3) is 0.333. The first-order valence-corrected chi connectivity index (χ1v) is 11.4. The van der Waals surface area contributed by atoms with E-state index in [0.717, 1.165) is 37.1 Å². The molecule has 1 saturated heterocycles. The van der Waals surface area contributed by atoms with Gasteiger partial charge in [-0.05, 0) is 54.8 Å². The van der Waals surface area contributed by atoms with E-state index in [1.165, 1.54) is 0 Å². The van der Waals surface area contributed by atoms with Crippen molar-refractivity contribution in [3.8, 4) is 0 Å². The van der Waals surface area contributed by atoms with Crippen LogP contribution in [-0.2, 0) is 21.4 Å². The fourth-order valence-electron chi connectivity index (χ4n) is 3.24. The number of alkyl halides is 3. The Morgan fingerprint density at radius 2 is 1.78 bits per heavy atom. The first-order valence-electron chi connectivity index (χ1n) is 9.89. The van der Waals surface area contributed by atoms with Gasteiger partial charge in [0.25, 0.3) is 5.91 Å². The van der Waals surface area contributed by atoms with Gasteiger partial charge in [-0.25, -0.2) is 13.1 Å². The van der Waals surface area contributed by atoms with Gasteiger partial charge in [-0.3, -0.25) is 9.59 Å². The van der Waals surface area contributed by atoms with E-state index in [2.05, 4.69) is 4.72 Å². The van der Waals surface area contributed by atoms with Gasteiger partial charge in [-0.2, -0.15) is 13.2 Å². The summed E-state index contributed by atoms with van der Waals surface area (Å²) in [6.07, 6.45) is -2.28. The number of sulfonamides is 1. The first kappa shape index (κ1) is 23.7. The van der Waals surface area contributed by atoms with Crippen molar-refractivity contribution in [2.45, 2.75) is 36.9 Å². The summed E-state index contributed by atoms with van der Waals surface area (Å²) in [6.45, 7) is -0.877. The van der Waals surface area contributed by atoms with E-state index in [9.17, 15) is 31.2 Å². The topological polar surface area (TPSA) is 95.6 Å². The highest BCUT2D eigenvalue weighted by Crippen LogP contribution is 2.22. The molecular weight excluding hydrogens is 447 g/mol. The van der Waals surface area contributed by atoms with Gasteiger partial charge in [-0.15, -0.1) is 0 Å². The third kappa shape index (κ3) is 6.30. The lowest BCUT2D eigenvalue weighted by Crippen LogP contribution is -2.35. The van der Waals surface area contributed by atoms with Crippen LogP contribution < -0.4 is 14.9 Å². The average molecular weight is 469 g/mol. The van der Waals surface area contributed by atoms with E-state index in [4.69, 9.17) is 0 Å². The van der Waals surface area contributed by atoms with Crippen molar-refractivity contribution in [3.63, 3.8) is 0 Å². The summed E-state index contributed by atoms with van der Waals surface area (Å²) >= 11 is 0. The normalized spacial score (nSPS) is 15.0. The van der Waals surface area contributed by atoms with Crippen LogP contribution in [0.15, 0.2) is 53.4 Å². The molecule has 1 heterocycles. The molecule has 0 aliphatic carbocycles. The van der Waals surface area contributed by atoms with Crippen LogP contribution in [0.2, 0.25) is 0 Å². The Hall–Kier alpha value is -2.92. The maximum absolute atomic E-state index is 12.6. The number of amides is 2. The summed E-state index contributed by atoms with van der Waals surface area (Å²) in [5.41, 5.74) is 1.28. The molecular formula is C21H22F3N3O4S. The number of hydrogen-bond acceptors (Lipinski definition) is 4. The fourth-order valence-corrected chi connectivity index (χ4v) is 4.26. The van der Waals surface area contributed by atoms with Crippen molar-refractivity contribution < 1.29 is 31.2 Å². The summed E-state index contributed by atoms with van der Waals surface area (Å²) in [4.78, 5) is 25.4. The van der Waals surface area contributed by atoms with E-state index in [1.54, 1.807) is 34.5 Å². The van der Waals surface area contributed by atoms with Gasteiger partial charge in [-0.1, -0.05) is 12.1 Å². The number of halogens is 3. The third-order valence-electron chi connectivity index (χ3n) is 4.89. The molecule has 0 spiro atoms. The van der Waals surface area contributed by atoms with Gasteiger partial charge in [0.1, 0.15) is 6.54 Å². The van der Waals surface area contributed by atoms with Gasteiger partial charge in [0.15, 0.2) is 0 Å². The molecule has 1 aliphatic heterocycles. The van der Waals surface area contributed by atoms with Gasteiger partial charge < -0.3 is 10.2 Å². The molecule has 11 heteroatoms. The second kappa shape index (κ2) is 9.70. The number of hydrogen-bond donors (Lipinski definition) is 2. The number of piperidine rings is 1. The molecule has 1 aliphatic rings. The molecule has 1 fully saturated rings. The smallest absolute Gasteiger partial charge is 0.343 e. The maximum atomic E-state index is 12.6. The van der Waals surface area contributed by atoms with Crippen LogP contribution in [0.3, 0.4) is 0 Å². The zero-order valence-electron chi connectivity index (χ0n) is 17.0. The molecule has 172 valence electrons. The van der Waals surface area contributed by atoms with Crippen molar-refractivity contribution in [2.75, 3.05) is 18.0 Å². The summed E-state index contributed by atoms with van der Waals surface area (Å²) in [5, 5.41) is 1.72. The van der Waals surface area contributed by atoms with Gasteiger partial charge >= 0.3 is 6.18 Å². The van der Waals surface area contributed by atoms with Gasteiger partial charge in [0.05, 0.1) is 4.90 Å². The van der Waals surface area contributed by atoms with E-state index >= 15 is 0 Å². The van der Waals surface area contributed by atoms with E-state index in [0.29, 0.717) is 24.2 Å². The second-order valence-corrected chi connectivity index (χ2v) is 9.09. The monoisotopic (exact) mass is 469 g/mol. The Kier molecular flexibility index (Phi) is 7.19. The largest absolute Gasteiger partial charge is 0.405 e. The Morgan fingerprint density at radius 3 is 2.44 bits per heavy atom. The summed E-state index contributed by atoms with van der Waals surface area (Å²) in [6, 6.07) is 11.6. The van der Waals surface area contributed by atoms with Crippen molar-refractivity contribution in [1.82, 2.24) is 10.0 Å². The van der Waals surface area contributed by atoms with Gasteiger partial charge in [0.2, 0.25) is 15.9 Å². The number of carbonyl (C=O) groups excluding carboxylic acids is 2. The minimum Gasteiger partial charge on any atom is -0.343 e. The number of carbonyl (C=O) groups is 2. The lowest BCUT2D eigenvalue weighted by atomic mass is 10.1. The van der Waals surface area contributed by atoms with Crippen LogP contribution in [0.1, 0.15) is 35.2 Å². The predicted molar refractivity (Wildman–Crippen MR) is 112 cm³/mol. The van der Waals surface area contributed by atoms with Crippen LogP contribution in [-0.4, -0.2) is 39.5 Å². The Bertz CT molecular complexity index is 1090. The van der Waals surface area contributed by atoms with Gasteiger partial charge in [0, 0.05) is 30.8 Å². The molecule has 0 bridgehead atoms. The highest BCUT2D eigenvalue weighted by atomic mass is 32.2. The molecule has 0 saturated carbocycles. The van der Waals surface area contributed by atoms with E-state index in [1.807, 2.05) is 0 Å². The van der Waals surface area contributed by atoms with Crippen LogP contribution in [0.5, 0.6) is 0 Å². The average Bonchev–Trinajstić information content (AvgIpc) is 2.76. The highest BCUT2D eigenvalue weighted by molar-refractivity contribution is 7.89. The summed E-state index contributed by atoms with van der Waals surface area (Å²) in [5.74, 6) is -0.920. The molecule has 2 aromatic rings. The molecule has 2 aromatic carbocycles. The lowest BCUT2D eigenvalue weighted by Gasteiger charge is -2.27. The number of rotatable bonds is 7. The highest BCUT2D eigenvalue weighted by Gasteiger charge is 2.28. The first-order chi connectivity index (χ1) is 15.0. The van der Waals surface area contributed by atoms with Crippen LogP contribution in [0, 0.1) is 0 Å². The van der Waals surface area contributed by atoms with E-state index < -0.39 is 28.7 Å². The molecule has 0 aromatic heterocycles. The number of benzene rings is 2. The minimum absolute atomic E-state index is 0.0218. The van der Waals surface area contributed by atoms with Crippen molar-refractivity contribution in [3.05, 3.63) is 59.7 Å². The Labute approximate surface area is 183 Å². The summed E-state index contributed by atoms with van der Waals surface area (Å²) in [7, 11) is -3.93. The van der Waals surface area contributed by atoms with E-state index in [-0.39, 0.29) is 22.9 Å². The number of nitrogens with zero attached hydrogens (tertiary/aromatic N) is 1. The Balaban J connectivity index is 1.63. The van der Waals surface area contributed by atoms with Crippen molar-refractivity contribution in [2.24, 2.45) is 0 Å². The molecule has 3 rings (SSSR count). The SMILES string of the molecule is O=C(NCC(F)(F)F)c1ccc(S(=O)(=O)NCc2cccc(N3CCCCC3=O)c2)cc1. The van der Waals surface area contributed by atoms with Crippen LogP contribution in [0.4, 0.5) is 18.9 Å². The third-order valence-corrected chi connectivity index (χ3v) is 6.31. The molecule has 2 amide bonds. The van der Waals surface area contributed by atoms with Crippen molar-refractivity contribution >= 4 is 27.5 Å². The molecule has 0 atom stereocenters. The number of anilines is 1. The summed E-state index contributed by atoms with van der Waals surface area (Å²) < 4.78 is 64.2. The molecule has 32 heavy (non-hydrogen) atoms. The second-order valence-electron chi connectivity index (χ2n) is 7.32. The van der Waals surface area contributed by atoms with Crippen LogP contribution in [0.25, 0.3) is 0 Å². The standard InChI is InChI=1S/C21H22F3N3O4S/c22-21(23,24)14-25-20(29)16-7-9-18(10-8-16)32(30,31)26-13-15-4-3-5-17(12-15)27-11-2-1-6-19(27)28/h3-5,7-10,12,26H,1-2,6,11,13-14H2,(H,25,29). The Morgan fingerprint density at radius 1 is 1.06 bits per heavy atom. The maximum Gasteiger partial charge on any atom is 0.405 e. The zero-order chi connectivity index (χ0) is 23.4. The molecule has 2 N–H and O–H groups in total. The molecule has 0 unspecified atom stereocenters. The number of nitrogens with one attached hydrogen (secondary N) is 2. The molecule has 7 nitrogen and oxygen atoms in total. The minimum atomic E-state index is -4.54. The quantitative estimate of drug-likeness (QED) is 0.652. The lowest BCUT2D eigenvalue weighted by molar-refractivity contribution is -0.123.